The zero-order valence-corrected chi connectivity index (χ0v) is 23.4. The van der Waals surface area contributed by atoms with Crippen molar-refractivity contribution in [2.75, 3.05) is 7.11 Å². The van der Waals surface area contributed by atoms with Gasteiger partial charge in [0.15, 0.2) is 0 Å². The second-order valence-corrected chi connectivity index (χ2v) is 12.8. The first-order valence-electron chi connectivity index (χ1n) is 14.5. The summed E-state index contributed by atoms with van der Waals surface area (Å²) in [5, 5.41) is 0. The summed E-state index contributed by atoms with van der Waals surface area (Å²) in [4.78, 5) is 0. The molecule has 0 bridgehead atoms. The van der Waals surface area contributed by atoms with Gasteiger partial charge in [0.2, 0.25) is 0 Å². The molecule has 0 aliphatic heterocycles. The lowest BCUT2D eigenvalue weighted by atomic mass is 9.52. The van der Waals surface area contributed by atoms with Crippen LogP contribution in [0, 0.1) is 17.2 Å². The first-order chi connectivity index (χ1) is 18.3. The molecule has 3 aliphatic rings. The maximum absolute atomic E-state index is 15.1. The van der Waals surface area contributed by atoms with Crippen LogP contribution in [0.2, 0.25) is 0 Å². The molecule has 3 aromatic carbocycles. The van der Waals surface area contributed by atoms with E-state index in [1.165, 1.54) is 67.7 Å². The summed E-state index contributed by atoms with van der Waals surface area (Å²) in [6.07, 6.45) is 9.97. The van der Waals surface area contributed by atoms with Gasteiger partial charge in [0.05, 0.1) is 7.11 Å². The number of halogens is 1. The number of aryl methyl sites for hydroxylation is 1. The third-order valence-electron chi connectivity index (χ3n) is 10.3. The lowest BCUT2D eigenvalue weighted by Crippen LogP contribution is -2.45. The highest BCUT2D eigenvalue weighted by Gasteiger charge is 2.47. The quantitative estimate of drug-likeness (QED) is 0.327. The standard InChI is InChI=1S/C35H41FO2/c1-23-15-18-35(23)17-5-7-25-10-11-27(21-32(25)35)38-22-24-9-13-28(30-20-26(37-4)12-14-33(30)36)29(19-24)31-8-6-16-34(31,2)3/h9-14,19-21,23,31H,5-8,15-18,22H2,1-4H3/t23-,31-,35-/m0/s1. The summed E-state index contributed by atoms with van der Waals surface area (Å²) in [5.74, 6) is 2.58. The lowest BCUT2D eigenvalue weighted by Gasteiger charge is -2.52. The van der Waals surface area contributed by atoms with Crippen LogP contribution in [0.4, 0.5) is 4.39 Å². The molecule has 38 heavy (non-hydrogen) atoms. The molecular formula is C35H41FO2. The van der Waals surface area contributed by atoms with Crippen molar-refractivity contribution in [1.82, 2.24) is 0 Å². The molecule has 6 rings (SSSR count). The van der Waals surface area contributed by atoms with E-state index in [1.54, 1.807) is 13.2 Å². The van der Waals surface area contributed by atoms with Gasteiger partial charge in [0, 0.05) is 5.56 Å². The van der Waals surface area contributed by atoms with E-state index >= 15 is 4.39 Å². The van der Waals surface area contributed by atoms with Crippen molar-refractivity contribution in [2.24, 2.45) is 11.3 Å². The first kappa shape index (κ1) is 25.5. The Balaban J connectivity index is 1.32. The van der Waals surface area contributed by atoms with Crippen molar-refractivity contribution in [2.45, 2.75) is 90.1 Å². The Kier molecular flexibility index (Phi) is 6.53. The summed E-state index contributed by atoms with van der Waals surface area (Å²) in [6.45, 7) is 7.64. The van der Waals surface area contributed by atoms with Crippen molar-refractivity contribution >= 4 is 0 Å². The normalized spacial score (nSPS) is 25.6. The number of rotatable bonds is 6. The molecule has 0 unspecified atom stereocenters. The van der Waals surface area contributed by atoms with Gasteiger partial charge in [-0.25, -0.2) is 4.39 Å². The Morgan fingerprint density at radius 3 is 2.42 bits per heavy atom. The molecule has 2 saturated carbocycles. The molecule has 0 radical (unpaired) electrons. The average molecular weight is 513 g/mol. The monoisotopic (exact) mass is 512 g/mol. The van der Waals surface area contributed by atoms with Crippen LogP contribution in [0.15, 0.2) is 54.6 Å². The molecule has 0 aromatic heterocycles. The van der Waals surface area contributed by atoms with Gasteiger partial charge in [-0.3, -0.25) is 0 Å². The average Bonchev–Trinajstić information content (AvgIpc) is 3.29. The molecule has 0 N–H and O–H groups in total. The summed E-state index contributed by atoms with van der Waals surface area (Å²) >= 11 is 0. The zero-order valence-electron chi connectivity index (χ0n) is 23.4. The highest BCUT2D eigenvalue weighted by Crippen LogP contribution is 2.55. The van der Waals surface area contributed by atoms with Crippen LogP contribution in [0.25, 0.3) is 11.1 Å². The highest BCUT2D eigenvalue weighted by molar-refractivity contribution is 5.71. The first-order valence-corrected chi connectivity index (χ1v) is 14.5. The third kappa shape index (κ3) is 4.32. The van der Waals surface area contributed by atoms with Crippen LogP contribution in [0.1, 0.15) is 93.9 Å². The van der Waals surface area contributed by atoms with E-state index in [-0.39, 0.29) is 11.2 Å². The van der Waals surface area contributed by atoms with Crippen molar-refractivity contribution in [3.63, 3.8) is 0 Å². The molecular weight excluding hydrogens is 471 g/mol. The molecule has 3 heteroatoms. The zero-order chi connectivity index (χ0) is 26.5. The Bertz CT molecular complexity index is 1340. The fraction of sp³-hybridized carbons (Fsp3) is 0.486. The summed E-state index contributed by atoms with van der Waals surface area (Å²) in [5.41, 5.74) is 7.56. The molecule has 200 valence electrons. The smallest absolute Gasteiger partial charge is 0.131 e. The largest absolute Gasteiger partial charge is 0.497 e. The minimum Gasteiger partial charge on any atom is -0.497 e. The van der Waals surface area contributed by atoms with Crippen LogP contribution in [0.5, 0.6) is 11.5 Å². The Morgan fingerprint density at radius 2 is 1.71 bits per heavy atom. The minimum absolute atomic E-state index is 0.176. The molecule has 0 saturated heterocycles. The molecule has 0 amide bonds. The van der Waals surface area contributed by atoms with E-state index in [2.05, 4.69) is 57.2 Å². The Labute approximate surface area is 227 Å². The van der Waals surface area contributed by atoms with Gasteiger partial charge < -0.3 is 9.47 Å². The van der Waals surface area contributed by atoms with Gasteiger partial charge >= 0.3 is 0 Å². The van der Waals surface area contributed by atoms with Gasteiger partial charge in [-0.15, -0.1) is 0 Å². The SMILES string of the molecule is COc1ccc(F)c(-c2ccc(COc3ccc4c(c3)[C@@]3(CCC4)CC[C@@H]3C)cc2[C@@H]2CCCC2(C)C)c1. The molecule has 3 aromatic rings. The van der Waals surface area contributed by atoms with Crippen LogP contribution < -0.4 is 9.47 Å². The van der Waals surface area contributed by atoms with Crippen molar-refractivity contribution in [3.05, 3.63) is 82.7 Å². The number of ether oxygens (including phenoxy) is 2. The van der Waals surface area contributed by atoms with Crippen LogP contribution >= 0.6 is 0 Å². The fourth-order valence-corrected chi connectivity index (χ4v) is 7.75. The van der Waals surface area contributed by atoms with E-state index in [1.807, 2.05) is 6.07 Å². The number of fused-ring (bicyclic) bond motifs is 2. The van der Waals surface area contributed by atoms with E-state index in [0.717, 1.165) is 29.2 Å². The van der Waals surface area contributed by atoms with E-state index in [9.17, 15) is 0 Å². The molecule has 2 fully saturated rings. The molecule has 0 heterocycles. The number of benzene rings is 3. The third-order valence-corrected chi connectivity index (χ3v) is 10.3. The number of hydrogen-bond donors (Lipinski definition) is 0. The van der Waals surface area contributed by atoms with E-state index in [0.29, 0.717) is 29.3 Å². The number of methoxy groups -OCH3 is 1. The molecule has 3 atom stereocenters. The topological polar surface area (TPSA) is 18.5 Å². The second kappa shape index (κ2) is 9.74. The maximum Gasteiger partial charge on any atom is 0.131 e. The van der Waals surface area contributed by atoms with Crippen molar-refractivity contribution in [1.29, 1.82) is 0 Å². The summed E-state index contributed by atoms with van der Waals surface area (Å²) in [7, 11) is 1.63. The van der Waals surface area contributed by atoms with Crippen LogP contribution in [-0.2, 0) is 18.4 Å². The second-order valence-electron chi connectivity index (χ2n) is 12.8. The van der Waals surface area contributed by atoms with Crippen molar-refractivity contribution in [3.8, 4) is 22.6 Å². The maximum atomic E-state index is 15.1. The molecule has 3 aliphatic carbocycles. The van der Waals surface area contributed by atoms with Gasteiger partial charge in [-0.2, -0.15) is 0 Å². The number of hydrogen-bond acceptors (Lipinski definition) is 2. The molecule has 2 nitrogen and oxygen atoms in total. The van der Waals surface area contributed by atoms with E-state index < -0.39 is 0 Å². The predicted molar refractivity (Wildman–Crippen MR) is 153 cm³/mol. The predicted octanol–water partition coefficient (Wildman–Crippen LogP) is 9.38. The Morgan fingerprint density at radius 1 is 0.868 bits per heavy atom. The summed E-state index contributed by atoms with van der Waals surface area (Å²) < 4.78 is 27.0. The fourth-order valence-electron chi connectivity index (χ4n) is 7.75. The van der Waals surface area contributed by atoms with E-state index in [4.69, 9.17) is 9.47 Å². The highest BCUT2D eigenvalue weighted by atomic mass is 19.1. The molecule has 1 spiro atoms. The van der Waals surface area contributed by atoms with Gasteiger partial charge in [0.1, 0.15) is 23.9 Å². The lowest BCUT2D eigenvalue weighted by molar-refractivity contribution is 0.114. The Hall–Kier alpha value is -2.81. The van der Waals surface area contributed by atoms with Crippen LogP contribution in [-0.4, -0.2) is 7.11 Å². The van der Waals surface area contributed by atoms with Gasteiger partial charge in [-0.1, -0.05) is 51.5 Å². The minimum atomic E-state index is -0.208. The van der Waals surface area contributed by atoms with Crippen LogP contribution in [0.3, 0.4) is 0 Å². The van der Waals surface area contributed by atoms with Gasteiger partial charge in [-0.05, 0) is 126 Å². The van der Waals surface area contributed by atoms with Crippen molar-refractivity contribution < 1.29 is 13.9 Å². The summed E-state index contributed by atoms with van der Waals surface area (Å²) in [6, 6.07) is 18.3. The van der Waals surface area contributed by atoms with Gasteiger partial charge in [0.25, 0.3) is 0 Å².